The van der Waals surface area contributed by atoms with E-state index in [4.69, 9.17) is 0 Å². The number of allylic oxidation sites excluding steroid dienone is 1. The second-order valence-electron chi connectivity index (χ2n) is 6.32. The van der Waals surface area contributed by atoms with Crippen LogP contribution in [0.5, 0.6) is 0 Å². The van der Waals surface area contributed by atoms with Crippen molar-refractivity contribution in [3.05, 3.63) is 120 Å². The Hall–Kier alpha value is -3.06. The second-order valence-corrected chi connectivity index (χ2v) is 6.32. The highest BCUT2D eigenvalue weighted by Gasteiger charge is 2.25. The quantitative estimate of drug-likeness (QED) is 0.549. The predicted molar refractivity (Wildman–Crippen MR) is 106 cm³/mol. The molecule has 1 nitrogen and oxygen atoms in total. The number of nitrogens with zero attached hydrogens (tertiary/aromatic N) is 1. The van der Waals surface area contributed by atoms with Crippen molar-refractivity contribution < 1.29 is 0 Å². The van der Waals surface area contributed by atoms with Gasteiger partial charge in [0.2, 0.25) is 0 Å². The maximum atomic E-state index is 2.39. The van der Waals surface area contributed by atoms with E-state index in [1.54, 1.807) is 0 Å². The van der Waals surface area contributed by atoms with E-state index in [-0.39, 0.29) is 0 Å². The van der Waals surface area contributed by atoms with Gasteiger partial charge in [-0.05, 0) is 35.3 Å². The molecule has 1 heteroatoms. The average molecular weight is 323 g/mol. The molecule has 0 bridgehead atoms. The van der Waals surface area contributed by atoms with Crippen molar-refractivity contribution in [2.24, 2.45) is 0 Å². The van der Waals surface area contributed by atoms with Crippen molar-refractivity contribution in [1.29, 1.82) is 0 Å². The first-order chi connectivity index (χ1) is 12.4. The van der Waals surface area contributed by atoms with Crippen LogP contribution in [0.4, 0.5) is 5.69 Å². The lowest BCUT2D eigenvalue weighted by Crippen LogP contribution is -2.18. The number of para-hydroxylation sites is 1. The largest absolute Gasteiger partial charge is 0.340 e. The number of hydrogen-bond acceptors (Lipinski definition) is 1. The third kappa shape index (κ3) is 3.56. The Morgan fingerprint density at radius 1 is 0.680 bits per heavy atom. The van der Waals surface area contributed by atoms with E-state index < -0.39 is 0 Å². The molecular formula is C24H21N. The SMILES string of the molecule is C(=Cc1ccccc1)C1=CN(c2ccccc2)C(c2ccccc2)C1. The minimum absolute atomic E-state index is 0.346. The fourth-order valence-corrected chi connectivity index (χ4v) is 3.33. The Morgan fingerprint density at radius 3 is 1.96 bits per heavy atom. The number of anilines is 1. The van der Waals surface area contributed by atoms with Crippen LogP contribution in [-0.2, 0) is 0 Å². The summed E-state index contributed by atoms with van der Waals surface area (Å²) in [5, 5.41) is 0. The van der Waals surface area contributed by atoms with Gasteiger partial charge in [-0.1, -0.05) is 91.0 Å². The maximum Gasteiger partial charge on any atom is 0.0626 e. The number of rotatable bonds is 4. The Bertz CT molecular complexity index is 864. The molecule has 0 N–H and O–H groups in total. The van der Waals surface area contributed by atoms with Gasteiger partial charge in [0.25, 0.3) is 0 Å². The lowest BCUT2D eigenvalue weighted by molar-refractivity contribution is 0.737. The first kappa shape index (κ1) is 15.5. The van der Waals surface area contributed by atoms with Gasteiger partial charge in [0.05, 0.1) is 6.04 Å². The molecule has 1 aliphatic rings. The fourth-order valence-electron chi connectivity index (χ4n) is 3.33. The van der Waals surface area contributed by atoms with Crippen LogP contribution < -0.4 is 4.90 Å². The summed E-state index contributed by atoms with van der Waals surface area (Å²) in [6, 6.07) is 32.2. The summed E-state index contributed by atoms with van der Waals surface area (Å²) in [7, 11) is 0. The van der Waals surface area contributed by atoms with E-state index >= 15 is 0 Å². The molecule has 0 saturated heterocycles. The molecule has 1 unspecified atom stereocenters. The number of hydrogen-bond donors (Lipinski definition) is 0. The Balaban J connectivity index is 1.64. The molecule has 1 heterocycles. The molecule has 3 aromatic rings. The highest BCUT2D eigenvalue weighted by atomic mass is 15.2. The summed E-state index contributed by atoms with van der Waals surface area (Å²) in [4.78, 5) is 2.39. The highest BCUT2D eigenvalue weighted by molar-refractivity contribution is 5.59. The minimum Gasteiger partial charge on any atom is -0.340 e. The number of benzene rings is 3. The van der Waals surface area contributed by atoms with Gasteiger partial charge in [-0.15, -0.1) is 0 Å². The van der Waals surface area contributed by atoms with Crippen LogP contribution in [0.1, 0.15) is 23.6 Å². The molecule has 1 atom stereocenters. The zero-order chi connectivity index (χ0) is 16.9. The van der Waals surface area contributed by atoms with Crippen LogP contribution in [0.3, 0.4) is 0 Å². The van der Waals surface area contributed by atoms with Gasteiger partial charge in [0, 0.05) is 11.9 Å². The molecule has 0 aromatic heterocycles. The van der Waals surface area contributed by atoms with Gasteiger partial charge in [-0.25, -0.2) is 0 Å². The van der Waals surface area contributed by atoms with Crippen LogP contribution in [0, 0.1) is 0 Å². The first-order valence-electron chi connectivity index (χ1n) is 8.72. The van der Waals surface area contributed by atoms with E-state index in [1.165, 1.54) is 22.4 Å². The zero-order valence-corrected chi connectivity index (χ0v) is 14.1. The van der Waals surface area contributed by atoms with E-state index in [2.05, 4.69) is 114 Å². The van der Waals surface area contributed by atoms with Crippen LogP contribution >= 0.6 is 0 Å². The molecule has 3 aromatic carbocycles. The standard InChI is InChI=1S/C24H21N/c1-4-10-20(11-5-1)16-17-21-18-24(22-12-6-2-7-13-22)25(19-21)23-14-8-3-9-15-23/h1-17,19,24H,18H2. The zero-order valence-electron chi connectivity index (χ0n) is 14.1. The summed E-state index contributed by atoms with van der Waals surface area (Å²) in [6.07, 6.45) is 7.74. The van der Waals surface area contributed by atoms with Gasteiger partial charge >= 0.3 is 0 Å². The summed E-state index contributed by atoms with van der Waals surface area (Å²) in [6.45, 7) is 0. The van der Waals surface area contributed by atoms with Crippen molar-refractivity contribution in [1.82, 2.24) is 0 Å². The Morgan fingerprint density at radius 2 is 1.28 bits per heavy atom. The van der Waals surface area contributed by atoms with Gasteiger partial charge in [-0.3, -0.25) is 0 Å². The van der Waals surface area contributed by atoms with Gasteiger partial charge in [0.15, 0.2) is 0 Å². The highest BCUT2D eigenvalue weighted by Crippen LogP contribution is 2.38. The van der Waals surface area contributed by atoms with Crippen LogP contribution in [0.15, 0.2) is 109 Å². The second kappa shape index (κ2) is 7.23. The molecule has 0 spiro atoms. The summed E-state index contributed by atoms with van der Waals surface area (Å²) < 4.78 is 0. The van der Waals surface area contributed by atoms with E-state index in [0.717, 1.165) is 6.42 Å². The van der Waals surface area contributed by atoms with Gasteiger partial charge in [-0.2, -0.15) is 0 Å². The molecule has 122 valence electrons. The van der Waals surface area contributed by atoms with Crippen molar-refractivity contribution >= 4 is 11.8 Å². The van der Waals surface area contributed by atoms with Crippen molar-refractivity contribution in [2.75, 3.05) is 4.90 Å². The third-order valence-corrected chi connectivity index (χ3v) is 4.60. The third-order valence-electron chi connectivity index (χ3n) is 4.60. The normalized spacial score (nSPS) is 17.0. The first-order valence-corrected chi connectivity index (χ1v) is 8.72. The lowest BCUT2D eigenvalue weighted by atomic mass is 10.0. The molecular weight excluding hydrogens is 302 g/mol. The molecule has 0 fully saturated rings. The molecule has 1 aliphatic heterocycles. The van der Waals surface area contributed by atoms with Crippen molar-refractivity contribution in [2.45, 2.75) is 12.5 Å². The Kier molecular flexibility index (Phi) is 4.47. The molecule has 25 heavy (non-hydrogen) atoms. The van der Waals surface area contributed by atoms with Crippen molar-refractivity contribution in [3.8, 4) is 0 Å². The van der Waals surface area contributed by atoms with Crippen LogP contribution in [-0.4, -0.2) is 0 Å². The molecule has 4 rings (SSSR count). The van der Waals surface area contributed by atoms with Gasteiger partial charge in [0.1, 0.15) is 0 Å². The topological polar surface area (TPSA) is 3.24 Å². The van der Waals surface area contributed by atoms with Crippen molar-refractivity contribution in [3.63, 3.8) is 0 Å². The minimum atomic E-state index is 0.346. The predicted octanol–water partition coefficient (Wildman–Crippen LogP) is 6.24. The van der Waals surface area contributed by atoms with Crippen LogP contribution in [0.2, 0.25) is 0 Å². The monoisotopic (exact) mass is 323 g/mol. The maximum absolute atomic E-state index is 2.39. The molecule has 0 saturated carbocycles. The van der Waals surface area contributed by atoms with Gasteiger partial charge < -0.3 is 4.90 Å². The lowest BCUT2D eigenvalue weighted by Gasteiger charge is -2.26. The summed E-state index contributed by atoms with van der Waals surface area (Å²) in [5.74, 6) is 0. The Labute approximate surface area is 149 Å². The molecule has 0 amide bonds. The average Bonchev–Trinajstić information content (AvgIpc) is 3.13. The van der Waals surface area contributed by atoms with E-state index in [0.29, 0.717) is 6.04 Å². The molecule has 0 aliphatic carbocycles. The van der Waals surface area contributed by atoms with Crippen LogP contribution in [0.25, 0.3) is 6.08 Å². The van der Waals surface area contributed by atoms with E-state index in [9.17, 15) is 0 Å². The molecule has 0 radical (unpaired) electrons. The summed E-state index contributed by atoms with van der Waals surface area (Å²) >= 11 is 0. The smallest absolute Gasteiger partial charge is 0.0626 e. The van der Waals surface area contributed by atoms with E-state index in [1.807, 2.05) is 0 Å². The fraction of sp³-hybridized carbons (Fsp3) is 0.0833. The summed E-state index contributed by atoms with van der Waals surface area (Å²) in [5.41, 5.74) is 5.17.